The molecule has 5 N–H and O–H groups in total. The van der Waals surface area contributed by atoms with Gasteiger partial charge in [-0.15, -0.1) is 0 Å². The maximum Gasteiger partial charge on any atom is 0.250 e. The summed E-state index contributed by atoms with van der Waals surface area (Å²) in [5.74, 6) is 0.799. The predicted octanol–water partition coefficient (Wildman–Crippen LogP) is 2.11. The maximum atomic E-state index is 9.32. The molecule has 3 rings (SSSR count). The van der Waals surface area contributed by atoms with Crippen LogP contribution in [-0.2, 0) is 0 Å². The van der Waals surface area contributed by atoms with Crippen molar-refractivity contribution < 1.29 is 10.2 Å². The van der Waals surface area contributed by atoms with Crippen molar-refractivity contribution in [3.8, 4) is 0 Å². The van der Waals surface area contributed by atoms with Crippen LogP contribution in [0.3, 0.4) is 0 Å². The number of aliphatic hydroxyl groups is 2. The average molecular weight is 365 g/mol. The summed E-state index contributed by atoms with van der Waals surface area (Å²) in [6.45, 7) is -0.427. The van der Waals surface area contributed by atoms with Crippen LogP contribution in [0.5, 0.6) is 0 Å². The van der Waals surface area contributed by atoms with Crippen LogP contribution in [0.15, 0.2) is 65.8 Å². The highest BCUT2D eigenvalue weighted by Gasteiger charge is 2.07. The Morgan fingerprint density at radius 3 is 1.78 bits per heavy atom. The number of anilines is 5. The molecule has 0 bridgehead atoms. The van der Waals surface area contributed by atoms with Crippen LogP contribution in [0.1, 0.15) is 0 Å². The highest BCUT2D eigenvalue weighted by Crippen LogP contribution is 2.18. The molecule has 9 nitrogen and oxygen atoms in total. The lowest BCUT2D eigenvalue weighted by molar-refractivity contribution is 0.148. The summed E-state index contributed by atoms with van der Waals surface area (Å²) >= 11 is 0. The number of hydrogen-bond donors (Lipinski definition) is 5. The Kier molecular flexibility index (Phi) is 6.23. The highest BCUT2D eigenvalue weighted by atomic mass is 16.3. The maximum absolute atomic E-state index is 9.32. The molecule has 0 saturated carbocycles. The molecule has 0 radical (unpaired) electrons. The molecule has 0 unspecified atom stereocenters. The molecule has 0 aliphatic rings. The molecule has 138 valence electrons. The topological polar surface area (TPSA) is 128 Å². The van der Waals surface area contributed by atoms with E-state index in [-0.39, 0.29) is 5.95 Å². The SMILES string of the molecule is OC[C@@H](O)/C=N/Nc1nc(Nc2ccccc2)nc(Nc2ccccc2)n1. The second kappa shape index (κ2) is 9.22. The lowest BCUT2D eigenvalue weighted by Crippen LogP contribution is -2.14. The van der Waals surface area contributed by atoms with Crippen molar-refractivity contribution in [2.45, 2.75) is 6.10 Å². The zero-order valence-corrected chi connectivity index (χ0v) is 14.3. The van der Waals surface area contributed by atoms with E-state index in [2.05, 4.69) is 36.1 Å². The van der Waals surface area contributed by atoms with Crippen molar-refractivity contribution in [1.82, 2.24) is 15.0 Å². The third-order valence-electron chi connectivity index (χ3n) is 3.29. The van der Waals surface area contributed by atoms with E-state index in [1.165, 1.54) is 0 Å². The fraction of sp³-hybridized carbons (Fsp3) is 0.111. The van der Waals surface area contributed by atoms with Gasteiger partial charge in [-0.3, -0.25) is 0 Å². The van der Waals surface area contributed by atoms with E-state index in [4.69, 9.17) is 5.11 Å². The quantitative estimate of drug-likeness (QED) is 0.303. The summed E-state index contributed by atoms with van der Waals surface area (Å²) in [6.07, 6.45) is 0.0847. The van der Waals surface area contributed by atoms with Crippen LogP contribution in [0.25, 0.3) is 0 Å². The van der Waals surface area contributed by atoms with Gasteiger partial charge in [-0.05, 0) is 24.3 Å². The van der Waals surface area contributed by atoms with E-state index in [1.54, 1.807) is 0 Å². The van der Waals surface area contributed by atoms with Crippen molar-refractivity contribution in [2.75, 3.05) is 22.7 Å². The largest absolute Gasteiger partial charge is 0.393 e. The van der Waals surface area contributed by atoms with Gasteiger partial charge in [-0.25, -0.2) is 5.43 Å². The van der Waals surface area contributed by atoms with Crippen molar-refractivity contribution in [3.05, 3.63) is 60.7 Å². The molecule has 0 saturated heterocycles. The minimum absolute atomic E-state index is 0.170. The number of nitrogens with one attached hydrogen (secondary N) is 3. The second-order valence-electron chi connectivity index (χ2n) is 5.43. The predicted molar refractivity (Wildman–Crippen MR) is 104 cm³/mol. The third-order valence-corrected chi connectivity index (χ3v) is 3.29. The standard InChI is InChI=1S/C18H19N7O2/c26-12-15(27)11-19-25-18-23-16(20-13-7-3-1-4-8-13)22-17(24-18)21-14-9-5-2-6-10-14/h1-11,15,26-27H,12H2,(H3,20,21,22,23,24,25)/b19-11+/t15-/m0/s1. The second-order valence-corrected chi connectivity index (χ2v) is 5.43. The first-order valence-corrected chi connectivity index (χ1v) is 8.21. The number of hydrogen-bond acceptors (Lipinski definition) is 9. The van der Waals surface area contributed by atoms with E-state index >= 15 is 0 Å². The van der Waals surface area contributed by atoms with E-state index < -0.39 is 12.7 Å². The fourth-order valence-corrected chi connectivity index (χ4v) is 2.07. The monoisotopic (exact) mass is 365 g/mol. The number of nitrogens with zero attached hydrogens (tertiary/aromatic N) is 4. The molecule has 0 aliphatic carbocycles. The third kappa shape index (κ3) is 5.73. The molecular weight excluding hydrogens is 346 g/mol. The Labute approximate surface area is 155 Å². The molecule has 0 fully saturated rings. The smallest absolute Gasteiger partial charge is 0.250 e. The summed E-state index contributed by atoms with van der Waals surface area (Å²) in [4.78, 5) is 12.9. The Morgan fingerprint density at radius 1 is 0.815 bits per heavy atom. The number of hydrazone groups is 1. The van der Waals surface area contributed by atoms with Crippen molar-refractivity contribution in [1.29, 1.82) is 0 Å². The zero-order chi connectivity index (χ0) is 18.9. The summed E-state index contributed by atoms with van der Waals surface area (Å²) < 4.78 is 0. The molecule has 27 heavy (non-hydrogen) atoms. The van der Waals surface area contributed by atoms with Gasteiger partial charge in [0.2, 0.25) is 17.8 Å². The summed E-state index contributed by atoms with van der Waals surface area (Å²) in [5.41, 5.74) is 4.26. The Morgan fingerprint density at radius 2 is 1.30 bits per heavy atom. The number of benzene rings is 2. The van der Waals surface area contributed by atoms with Crippen LogP contribution < -0.4 is 16.1 Å². The van der Waals surface area contributed by atoms with E-state index in [0.717, 1.165) is 17.6 Å². The minimum atomic E-state index is -1.07. The van der Waals surface area contributed by atoms with Crippen LogP contribution in [0.2, 0.25) is 0 Å². The van der Waals surface area contributed by atoms with E-state index in [0.29, 0.717) is 11.9 Å². The fourth-order valence-electron chi connectivity index (χ4n) is 2.07. The highest BCUT2D eigenvalue weighted by molar-refractivity contribution is 5.64. The van der Waals surface area contributed by atoms with Gasteiger partial charge in [0.25, 0.3) is 0 Å². The molecular formula is C18H19N7O2. The lowest BCUT2D eigenvalue weighted by Gasteiger charge is -2.10. The first kappa shape index (κ1) is 18.2. The van der Waals surface area contributed by atoms with Gasteiger partial charge in [0, 0.05) is 11.4 Å². The van der Waals surface area contributed by atoms with E-state index in [9.17, 15) is 5.11 Å². The summed E-state index contributed by atoms with van der Waals surface area (Å²) in [5, 5.41) is 28.1. The van der Waals surface area contributed by atoms with Crippen LogP contribution >= 0.6 is 0 Å². The van der Waals surface area contributed by atoms with Crippen LogP contribution in [0, 0.1) is 0 Å². The van der Waals surface area contributed by atoms with Crippen molar-refractivity contribution >= 4 is 35.4 Å². The zero-order valence-electron chi connectivity index (χ0n) is 14.3. The minimum Gasteiger partial charge on any atom is -0.393 e. The van der Waals surface area contributed by atoms with Gasteiger partial charge >= 0.3 is 0 Å². The normalized spacial score (nSPS) is 11.9. The van der Waals surface area contributed by atoms with E-state index in [1.807, 2.05) is 60.7 Å². The molecule has 1 atom stereocenters. The van der Waals surface area contributed by atoms with Gasteiger partial charge in [0.05, 0.1) is 12.8 Å². The number of aliphatic hydroxyl groups excluding tert-OH is 2. The number of aromatic nitrogens is 3. The van der Waals surface area contributed by atoms with Crippen LogP contribution in [0.4, 0.5) is 29.2 Å². The Hall–Kier alpha value is -3.56. The van der Waals surface area contributed by atoms with Gasteiger partial charge in [0.1, 0.15) is 6.10 Å². The first-order valence-electron chi connectivity index (χ1n) is 8.21. The molecule has 1 heterocycles. The molecule has 1 aromatic heterocycles. The summed E-state index contributed by atoms with van der Waals surface area (Å²) in [6, 6.07) is 18.9. The Balaban J connectivity index is 1.83. The van der Waals surface area contributed by atoms with Gasteiger partial charge < -0.3 is 20.8 Å². The number of rotatable bonds is 8. The molecule has 2 aromatic carbocycles. The van der Waals surface area contributed by atoms with Gasteiger partial charge in [-0.1, -0.05) is 36.4 Å². The average Bonchev–Trinajstić information content (AvgIpc) is 2.69. The first-order chi connectivity index (χ1) is 13.2. The molecule has 9 heteroatoms. The van der Waals surface area contributed by atoms with Gasteiger partial charge in [0.15, 0.2) is 0 Å². The molecule has 3 aromatic rings. The van der Waals surface area contributed by atoms with Gasteiger partial charge in [-0.2, -0.15) is 20.1 Å². The molecule has 0 aliphatic heterocycles. The van der Waals surface area contributed by atoms with Crippen molar-refractivity contribution in [2.24, 2.45) is 5.10 Å². The Bertz CT molecular complexity index is 816. The molecule has 0 spiro atoms. The van der Waals surface area contributed by atoms with Crippen LogP contribution in [-0.4, -0.2) is 44.1 Å². The molecule has 0 amide bonds. The van der Waals surface area contributed by atoms with Crippen molar-refractivity contribution in [3.63, 3.8) is 0 Å². The lowest BCUT2D eigenvalue weighted by atomic mass is 10.3. The summed E-state index contributed by atoms with van der Waals surface area (Å²) in [7, 11) is 0. The number of para-hydroxylation sites is 2.